The van der Waals surface area contributed by atoms with Gasteiger partial charge in [0.1, 0.15) is 5.60 Å². The summed E-state index contributed by atoms with van der Waals surface area (Å²) in [6.45, 7) is 6.93. The molecule has 1 saturated heterocycles. The fourth-order valence-corrected chi connectivity index (χ4v) is 5.12. The van der Waals surface area contributed by atoms with Gasteiger partial charge in [0.05, 0.1) is 14.8 Å². The van der Waals surface area contributed by atoms with Gasteiger partial charge < -0.3 is 19.5 Å². The highest BCUT2D eigenvalue weighted by Gasteiger charge is 2.28. The van der Waals surface area contributed by atoms with E-state index in [1.54, 1.807) is 4.90 Å². The van der Waals surface area contributed by atoms with E-state index in [1.165, 1.54) is 0 Å². The van der Waals surface area contributed by atoms with Crippen LogP contribution in [0.4, 0.5) is 10.7 Å². The topological polar surface area (TPSA) is 72.3 Å². The standard InChI is InChI=1S/C28H30IN5O2/c1-28(2,3)36-27(35)33-15-9-10-19(17-33)31-26-30-16-23(29)25(32-26)22-18-34(20-11-5-4-6-12-20)24-14-8-7-13-21(22)24/h4-8,11-14,16,18-19H,9-10,15,17H2,1-3H3,(H,30,31,32)/t19-/m0/s1. The van der Waals surface area contributed by atoms with Crippen molar-refractivity contribution in [3.05, 3.63) is 70.6 Å². The second-order valence-electron chi connectivity index (χ2n) is 10.1. The number of nitrogens with one attached hydrogen (secondary N) is 1. The minimum atomic E-state index is -0.509. The van der Waals surface area contributed by atoms with Crippen molar-refractivity contribution in [1.29, 1.82) is 0 Å². The number of piperidine rings is 1. The summed E-state index contributed by atoms with van der Waals surface area (Å²) in [5, 5.41) is 4.61. The monoisotopic (exact) mass is 595 g/mol. The minimum Gasteiger partial charge on any atom is -0.444 e. The Morgan fingerprint density at radius 1 is 1.11 bits per heavy atom. The van der Waals surface area contributed by atoms with Gasteiger partial charge in [-0.1, -0.05) is 36.4 Å². The highest BCUT2D eigenvalue weighted by atomic mass is 127. The van der Waals surface area contributed by atoms with Gasteiger partial charge in [-0.15, -0.1) is 0 Å². The zero-order chi connectivity index (χ0) is 25.3. The first kappa shape index (κ1) is 24.5. The summed E-state index contributed by atoms with van der Waals surface area (Å²) in [5.74, 6) is 0.568. The maximum Gasteiger partial charge on any atom is 0.410 e. The molecule has 7 nitrogen and oxygen atoms in total. The molecule has 1 atom stereocenters. The molecule has 1 N–H and O–H groups in total. The first-order valence-electron chi connectivity index (χ1n) is 12.2. The summed E-state index contributed by atoms with van der Waals surface area (Å²) in [6.07, 6.45) is 5.58. The molecular formula is C28H30IN5O2. The lowest BCUT2D eigenvalue weighted by molar-refractivity contribution is 0.0206. The van der Waals surface area contributed by atoms with Crippen LogP contribution in [0.3, 0.4) is 0 Å². The molecule has 1 aliphatic rings. The molecule has 2 aromatic heterocycles. The van der Waals surface area contributed by atoms with Crippen LogP contribution in [0.2, 0.25) is 0 Å². The number of carbonyl (C=O) groups is 1. The van der Waals surface area contributed by atoms with Crippen LogP contribution in [0.1, 0.15) is 33.6 Å². The van der Waals surface area contributed by atoms with Crippen LogP contribution in [0.15, 0.2) is 67.0 Å². The fourth-order valence-electron chi connectivity index (χ4n) is 4.57. The Balaban J connectivity index is 1.43. The molecule has 5 rings (SSSR count). The summed E-state index contributed by atoms with van der Waals surface area (Å²) in [6, 6.07) is 18.8. The Morgan fingerprint density at radius 2 is 1.86 bits per heavy atom. The molecular weight excluding hydrogens is 565 g/mol. The Morgan fingerprint density at radius 3 is 2.64 bits per heavy atom. The summed E-state index contributed by atoms with van der Waals surface area (Å²) in [4.78, 5) is 23.9. The van der Waals surface area contributed by atoms with Crippen molar-refractivity contribution in [2.45, 2.75) is 45.3 Å². The number of nitrogens with zero attached hydrogens (tertiary/aromatic N) is 4. The van der Waals surface area contributed by atoms with Crippen LogP contribution >= 0.6 is 22.6 Å². The van der Waals surface area contributed by atoms with E-state index in [1.807, 2.05) is 45.2 Å². The predicted octanol–water partition coefficient (Wildman–Crippen LogP) is 6.50. The van der Waals surface area contributed by atoms with E-state index in [2.05, 4.69) is 80.1 Å². The lowest BCUT2D eigenvalue weighted by atomic mass is 10.1. The lowest BCUT2D eigenvalue weighted by Gasteiger charge is -2.34. The van der Waals surface area contributed by atoms with Crippen molar-refractivity contribution in [2.75, 3.05) is 18.4 Å². The van der Waals surface area contributed by atoms with Gasteiger partial charge in [-0.3, -0.25) is 0 Å². The molecule has 0 bridgehead atoms. The predicted molar refractivity (Wildman–Crippen MR) is 151 cm³/mol. The van der Waals surface area contributed by atoms with Crippen LogP contribution < -0.4 is 5.32 Å². The van der Waals surface area contributed by atoms with E-state index < -0.39 is 5.60 Å². The van der Waals surface area contributed by atoms with E-state index in [0.717, 1.165) is 44.3 Å². The van der Waals surface area contributed by atoms with Crippen molar-refractivity contribution in [3.63, 3.8) is 0 Å². The molecule has 0 spiro atoms. The van der Waals surface area contributed by atoms with Crippen molar-refractivity contribution in [2.24, 2.45) is 0 Å². The maximum absolute atomic E-state index is 12.6. The molecule has 1 fully saturated rings. The Labute approximate surface area is 225 Å². The Kier molecular flexibility index (Phi) is 6.87. The van der Waals surface area contributed by atoms with E-state index in [0.29, 0.717) is 19.0 Å². The number of benzene rings is 2. The molecule has 0 aliphatic carbocycles. The average Bonchev–Trinajstić information content (AvgIpc) is 3.24. The van der Waals surface area contributed by atoms with Gasteiger partial charge in [0.2, 0.25) is 5.95 Å². The number of hydrogen-bond donors (Lipinski definition) is 1. The second-order valence-corrected chi connectivity index (χ2v) is 11.2. The lowest BCUT2D eigenvalue weighted by Crippen LogP contribution is -2.47. The van der Waals surface area contributed by atoms with Crippen LogP contribution in [-0.4, -0.2) is 50.3 Å². The number of fused-ring (bicyclic) bond motifs is 1. The fraction of sp³-hybridized carbons (Fsp3) is 0.321. The van der Waals surface area contributed by atoms with Gasteiger partial charge in [0, 0.05) is 48.2 Å². The van der Waals surface area contributed by atoms with Crippen molar-refractivity contribution < 1.29 is 9.53 Å². The third-order valence-corrected chi connectivity index (χ3v) is 6.94. The molecule has 4 aromatic rings. The Bertz CT molecular complexity index is 1380. The molecule has 186 valence electrons. The van der Waals surface area contributed by atoms with Gasteiger partial charge in [-0.2, -0.15) is 0 Å². The summed E-state index contributed by atoms with van der Waals surface area (Å²) >= 11 is 2.30. The molecule has 3 heterocycles. The van der Waals surface area contributed by atoms with Crippen LogP contribution in [-0.2, 0) is 4.74 Å². The van der Waals surface area contributed by atoms with Gasteiger partial charge in [-0.25, -0.2) is 14.8 Å². The first-order valence-corrected chi connectivity index (χ1v) is 13.3. The minimum absolute atomic E-state index is 0.0600. The summed E-state index contributed by atoms with van der Waals surface area (Å²) in [7, 11) is 0. The number of aromatic nitrogens is 3. The van der Waals surface area contributed by atoms with Gasteiger partial charge in [0.15, 0.2) is 0 Å². The van der Waals surface area contributed by atoms with Crippen molar-refractivity contribution in [1.82, 2.24) is 19.4 Å². The molecule has 8 heteroatoms. The third kappa shape index (κ3) is 5.33. The van der Waals surface area contributed by atoms with Crippen LogP contribution in [0.5, 0.6) is 0 Å². The highest BCUT2D eigenvalue weighted by molar-refractivity contribution is 14.1. The molecule has 0 unspecified atom stereocenters. The SMILES string of the molecule is CC(C)(C)OC(=O)N1CCC[C@H](Nc2ncc(I)c(-c3cn(-c4ccccc4)c4ccccc34)n2)C1. The van der Waals surface area contributed by atoms with Crippen molar-refractivity contribution in [3.8, 4) is 16.9 Å². The number of anilines is 1. The van der Waals surface area contributed by atoms with Crippen LogP contribution in [0, 0.1) is 3.57 Å². The van der Waals surface area contributed by atoms with Gasteiger partial charge in [-0.05, 0) is 74.4 Å². The van der Waals surface area contributed by atoms with E-state index >= 15 is 0 Å². The number of ether oxygens (including phenoxy) is 1. The average molecular weight is 595 g/mol. The number of para-hydroxylation sites is 2. The zero-order valence-corrected chi connectivity index (χ0v) is 22.9. The number of likely N-dealkylation sites (tertiary alicyclic amines) is 1. The van der Waals surface area contributed by atoms with E-state index in [-0.39, 0.29) is 12.1 Å². The summed E-state index contributed by atoms with van der Waals surface area (Å²) in [5.41, 5.74) is 3.67. The smallest absolute Gasteiger partial charge is 0.410 e. The Hall–Kier alpha value is -3.14. The van der Waals surface area contributed by atoms with E-state index in [4.69, 9.17) is 9.72 Å². The van der Waals surface area contributed by atoms with Gasteiger partial charge in [0.25, 0.3) is 0 Å². The molecule has 1 aliphatic heterocycles. The number of hydrogen-bond acceptors (Lipinski definition) is 5. The van der Waals surface area contributed by atoms with E-state index in [9.17, 15) is 4.79 Å². The van der Waals surface area contributed by atoms with Crippen LogP contribution in [0.25, 0.3) is 27.8 Å². The third-order valence-electron chi connectivity index (χ3n) is 6.15. The molecule has 0 saturated carbocycles. The largest absolute Gasteiger partial charge is 0.444 e. The zero-order valence-electron chi connectivity index (χ0n) is 20.7. The van der Waals surface area contributed by atoms with Gasteiger partial charge >= 0.3 is 6.09 Å². The molecule has 1 amide bonds. The molecule has 2 aromatic carbocycles. The number of halogens is 1. The van der Waals surface area contributed by atoms with Crippen molar-refractivity contribution >= 4 is 45.5 Å². The highest BCUT2D eigenvalue weighted by Crippen LogP contribution is 2.34. The second kappa shape index (κ2) is 10.1. The number of rotatable bonds is 4. The molecule has 0 radical (unpaired) electrons. The number of carbonyl (C=O) groups excluding carboxylic acids is 1. The number of amides is 1. The normalized spacial score (nSPS) is 16.2. The maximum atomic E-state index is 12.6. The summed E-state index contributed by atoms with van der Waals surface area (Å²) < 4.78 is 8.76. The first-order chi connectivity index (χ1) is 17.3. The molecule has 36 heavy (non-hydrogen) atoms. The quantitative estimate of drug-likeness (QED) is 0.273.